The minimum absolute atomic E-state index is 0.00755. The number of unbranched alkanes of at least 4 members (excludes halogenated alkanes) is 1. The number of nitrogens with zero attached hydrogens (tertiary/aromatic N) is 4. The second-order valence-electron chi connectivity index (χ2n) is 25.1. The Balaban J connectivity index is 0.954. The summed E-state index contributed by atoms with van der Waals surface area (Å²) < 4.78 is 20.3. The molecule has 16 N–H and O–H groups in total. The highest BCUT2D eigenvalue weighted by Crippen LogP contribution is 2.33. The number of nitrogens with one attached hydrogen (secondary N) is 12. The molecule has 3 aromatic carbocycles. The molecule has 3 aliphatic rings. The lowest BCUT2D eigenvalue weighted by molar-refractivity contribution is -0.136. The number of urea groups is 1. The van der Waals surface area contributed by atoms with Crippen molar-refractivity contribution in [2.45, 2.75) is 157 Å². The molecular weight excluding hydrogens is 1310 g/mol. The van der Waals surface area contributed by atoms with Gasteiger partial charge >= 0.3 is 6.03 Å². The fraction of sp³-hybridized carbons (Fsp3) is 0.515. The molecule has 8 rings (SSSR count). The standard InChI is InChI=1S/C68H94N18O13S/c1-42-61(90)76-48(60(69)89)21-13-14-28-86-39-46(83-84-86)37-53(75-58(88)40-99-33-32-98-31-30-97-29-27-72-57(87)25-12-11-24-56-59-54(41-100-56)81-68(96)82-59)66(95)79-50(34-43-16-5-3-6-17-43)64(93)77-49(22-15-26-73-67(70)71)62(91)78-51(35-44-18-7-4-8-19-44)65(94)80-52(63(92)74-42)36-45-38-85(2)55-23-10-9-20-47(45)55/h3-10,16-20,23,38-39,42,48-54,56,59H,11-15,21-22,24-37,40-41H2,1-2H3,(H2,69,89)(H,72,87)(H,74,92)(H,75,88)(H,76,90)(H,77,93)(H,78,91)(H,79,95)(H,80,94)(H4,70,71,73)(H2,81,82,96)/t42-,48+,49-,50-,51-,52+,53+,54+,56?,59+/m1/s1. The van der Waals surface area contributed by atoms with Crippen LogP contribution in [0.1, 0.15) is 87.1 Å². The molecule has 0 aliphatic carbocycles. The van der Waals surface area contributed by atoms with Crippen molar-refractivity contribution >= 4 is 87.8 Å². The van der Waals surface area contributed by atoms with E-state index < -0.39 is 96.2 Å². The maximum Gasteiger partial charge on any atom is 0.315 e. The van der Waals surface area contributed by atoms with Gasteiger partial charge in [0.1, 0.15) is 48.9 Å². The fourth-order valence-corrected chi connectivity index (χ4v) is 13.6. The lowest BCUT2D eigenvalue weighted by Gasteiger charge is -2.28. The van der Waals surface area contributed by atoms with Crippen LogP contribution in [0.25, 0.3) is 10.9 Å². The highest BCUT2D eigenvalue weighted by atomic mass is 32.2. The highest BCUT2D eigenvalue weighted by Gasteiger charge is 2.43. The Morgan fingerprint density at radius 3 is 1.94 bits per heavy atom. The van der Waals surface area contributed by atoms with Crippen LogP contribution in [0.15, 0.2) is 97.3 Å². The fourth-order valence-electron chi connectivity index (χ4n) is 12.0. The highest BCUT2D eigenvalue weighted by molar-refractivity contribution is 8.00. The Labute approximate surface area is 584 Å². The zero-order chi connectivity index (χ0) is 71.3. The van der Waals surface area contributed by atoms with Gasteiger partial charge in [0.05, 0.1) is 50.8 Å². The summed E-state index contributed by atoms with van der Waals surface area (Å²) in [7, 11) is 1.84. The van der Waals surface area contributed by atoms with Crippen LogP contribution in [0, 0.1) is 5.41 Å². The number of aryl methyl sites for hydroxylation is 2. The van der Waals surface area contributed by atoms with Crippen molar-refractivity contribution in [3.63, 3.8) is 0 Å². The molecule has 0 radical (unpaired) electrons. The number of guanidine groups is 1. The number of thioether (sulfide) groups is 1. The first-order valence-corrected chi connectivity index (χ1v) is 35.0. The van der Waals surface area contributed by atoms with Crippen LogP contribution in [-0.2, 0) is 96.6 Å². The molecule has 3 aliphatic heterocycles. The maximum atomic E-state index is 15.0. The number of ether oxygens (including phenoxy) is 3. The van der Waals surface area contributed by atoms with E-state index in [1.54, 1.807) is 66.9 Å². The maximum absolute atomic E-state index is 15.0. The normalized spacial score (nSPS) is 22.8. The summed E-state index contributed by atoms with van der Waals surface area (Å²) in [5, 5.41) is 48.3. The second kappa shape index (κ2) is 39.2. The molecule has 100 heavy (non-hydrogen) atoms. The quantitative estimate of drug-likeness (QED) is 0.0127. The minimum atomic E-state index is -1.40. The number of aromatic nitrogens is 4. The Kier molecular flexibility index (Phi) is 29.8. The number of carbonyl (C=O) groups excluding carboxylic acids is 10. The average Bonchev–Trinajstić information content (AvgIpc) is 1.63. The summed E-state index contributed by atoms with van der Waals surface area (Å²) in [6.45, 7) is 2.43. The van der Waals surface area contributed by atoms with Crippen LogP contribution >= 0.6 is 11.8 Å². The molecule has 5 heterocycles. The number of hydrogen-bond acceptors (Lipinski definition) is 17. The van der Waals surface area contributed by atoms with Crippen molar-refractivity contribution < 1.29 is 62.2 Å². The molecule has 2 saturated heterocycles. The number of primary amides is 1. The van der Waals surface area contributed by atoms with Gasteiger partial charge in [0.25, 0.3) is 0 Å². The molecule has 10 atom stereocenters. The summed E-state index contributed by atoms with van der Waals surface area (Å²) in [6.07, 6.45) is 6.82. The van der Waals surface area contributed by atoms with Gasteiger partial charge in [-0.05, 0) is 74.6 Å². The molecule has 32 heteroatoms. The largest absolute Gasteiger partial charge is 0.377 e. The second-order valence-corrected chi connectivity index (χ2v) is 26.3. The summed E-state index contributed by atoms with van der Waals surface area (Å²) in [5.41, 5.74) is 14.5. The first-order valence-electron chi connectivity index (χ1n) is 33.9. The number of rotatable bonds is 28. The molecule has 2 fully saturated rings. The van der Waals surface area contributed by atoms with Gasteiger partial charge in [0, 0.05) is 93.1 Å². The first-order chi connectivity index (χ1) is 48.3. The topological polar surface area (TPSA) is 442 Å². The van der Waals surface area contributed by atoms with Gasteiger partial charge in [-0.1, -0.05) is 90.5 Å². The van der Waals surface area contributed by atoms with Crippen molar-refractivity contribution in [3.8, 4) is 0 Å². The average molecular weight is 1400 g/mol. The Bertz CT molecular complexity index is 3580. The number of hydrogen-bond donors (Lipinski definition) is 14. The minimum Gasteiger partial charge on any atom is -0.377 e. The van der Waals surface area contributed by atoms with E-state index in [-0.39, 0.29) is 127 Å². The van der Waals surface area contributed by atoms with Crippen molar-refractivity contribution in [3.05, 3.63) is 120 Å². The SMILES string of the molecule is C[C@H]1NC(=O)[C@H](Cc2cn(C)c3ccccc23)NC(=O)[C@@H](Cc2ccccc2)NC(=O)[C@@H](CCCNC(=N)N)NC(=O)[C@@H](Cc2ccccc2)NC(=O)[C@@H](NC(=O)COCCOCCOCCNC(=O)CCCCC2SC[C@@H]3NC(=O)N[C@H]23)Cc2cn(nn2)CCCC[C@@H](C(N)=O)NC1=O. The molecular formula is C68H94N18O13S. The van der Waals surface area contributed by atoms with Gasteiger partial charge in [0.15, 0.2) is 5.96 Å². The van der Waals surface area contributed by atoms with E-state index in [4.69, 9.17) is 31.1 Å². The van der Waals surface area contributed by atoms with Crippen LogP contribution in [0.2, 0.25) is 0 Å². The lowest BCUT2D eigenvalue weighted by Crippen LogP contribution is -2.60. The van der Waals surface area contributed by atoms with E-state index >= 15 is 4.79 Å². The lowest BCUT2D eigenvalue weighted by atomic mass is 10.0. The molecule has 31 nitrogen and oxygen atoms in total. The van der Waals surface area contributed by atoms with Crippen LogP contribution < -0.4 is 70.0 Å². The van der Waals surface area contributed by atoms with Gasteiger partial charge < -0.3 is 88.7 Å². The molecule has 2 aromatic heterocycles. The van der Waals surface area contributed by atoms with Gasteiger partial charge in [-0.15, -0.1) is 5.10 Å². The molecule has 540 valence electrons. The smallest absolute Gasteiger partial charge is 0.315 e. The third kappa shape index (κ3) is 24.4. The number of amides is 11. The Morgan fingerprint density at radius 2 is 1.25 bits per heavy atom. The molecule has 0 saturated carbocycles. The third-order valence-electron chi connectivity index (χ3n) is 17.3. The summed E-state index contributed by atoms with van der Waals surface area (Å²) in [5.74, 6) is -5.74. The van der Waals surface area contributed by atoms with E-state index in [2.05, 4.69) is 68.8 Å². The number of fused-ring (bicyclic) bond motifs is 4. The van der Waals surface area contributed by atoms with E-state index in [1.807, 2.05) is 53.8 Å². The Hall–Kier alpha value is -9.66. The summed E-state index contributed by atoms with van der Waals surface area (Å²) in [4.78, 5) is 139. The van der Waals surface area contributed by atoms with Crippen LogP contribution in [0.4, 0.5) is 4.79 Å². The van der Waals surface area contributed by atoms with Gasteiger partial charge in [-0.3, -0.25) is 53.2 Å². The monoisotopic (exact) mass is 1400 g/mol. The van der Waals surface area contributed by atoms with Gasteiger partial charge in [-0.25, -0.2) is 4.79 Å². The predicted molar refractivity (Wildman–Crippen MR) is 371 cm³/mol. The van der Waals surface area contributed by atoms with Crippen molar-refractivity contribution in [1.29, 1.82) is 5.41 Å². The molecule has 1 unspecified atom stereocenters. The van der Waals surface area contributed by atoms with Crippen LogP contribution in [0.3, 0.4) is 0 Å². The third-order valence-corrected chi connectivity index (χ3v) is 18.8. The number of para-hydroxylation sites is 1. The zero-order valence-electron chi connectivity index (χ0n) is 56.4. The predicted octanol–water partition coefficient (Wildman–Crippen LogP) is -0.722. The van der Waals surface area contributed by atoms with Gasteiger partial charge in [-0.2, -0.15) is 11.8 Å². The number of nitrogens with two attached hydrogens (primary N) is 2. The van der Waals surface area contributed by atoms with Crippen molar-refractivity contribution in [1.82, 2.24) is 78.0 Å². The van der Waals surface area contributed by atoms with E-state index in [0.29, 0.717) is 47.7 Å². The molecule has 5 aromatic rings. The van der Waals surface area contributed by atoms with E-state index in [0.717, 1.165) is 35.9 Å². The molecule has 2 bridgehead atoms. The van der Waals surface area contributed by atoms with Crippen molar-refractivity contribution in [2.75, 3.05) is 58.5 Å². The summed E-state index contributed by atoms with van der Waals surface area (Å²) >= 11 is 1.85. The molecule has 11 amide bonds. The Morgan fingerprint density at radius 1 is 0.630 bits per heavy atom. The number of benzene rings is 3. The van der Waals surface area contributed by atoms with Crippen molar-refractivity contribution in [2.24, 2.45) is 18.5 Å². The number of carbonyl (C=O) groups is 10. The van der Waals surface area contributed by atoms with Crippen LogP contribution in [-0.4, -0.2) is 203 Å². The van der Waals surface area contributed by atoms with Crippen LogP contribution in [0.5, 0.6) is 0 Å². The van der Waals surface area contributed by atoms with E-state index in [1.165, 1.54) is 11.6 Å². The van der Waals surface area contributed by atoms with E-state index in [9.17, 15) is 43.2 Å². The molecule has 0 spiro atoms. The van der Waals surface area contributed by atoms with Gasteiger partial charge in [0.2, 0.25) is 53.2 Å². The summed E-state index contributed by atoms with van der Waals surface area (Å²) in [6, 6.07) is 15.9. The zero-order valence-corrected chi connectivity index (χ0v) is 57.3. The first kappa shape index (κ1) is 76.1.